The van der Waals surface area contributed by atoms with Gasteiger partial charge >= 0.3 is 0 Å². The summed E-state index contributed by atoms with van der Waals surface area (Å²) in [7, 11) is 2.40. The van der Waals surface area contributed by atoms with Gasteiger partial charge in [-0.1, -0.05) is 62.2 Å². The van der Waals surface area contributed by atoms with E-state index in [4.69, 9.17) is 0 Å². The first-order chi connectivity index (χ1) is 12.0. The van der Waals surface area contributed by atoms with Crippen molar-refractivity contribution in [3.05, 3.63) is 81.3 Å². The number of rotatable bonds is 5. The Labute approximate surface area is 185 Å². The molecule has 0 amide bonds. The summed E-state index contributed by atoms with van der Waals surface area (Å²) in [6.07, 6.45) is 5.52. The lowest BCUT2D eigenvalue weighted by molar-refractivity contribution is -0.915. The van der Waals surface area contributed by atoms with Gasteiger partial charge in [-0.2, -0.15) is 0 Å². The molecule has 4 heteroatoms. The third-order valence-corrected chi connectivity index (χ3v) is 6.88. The van der Waals surface area contributed by atoms with Gasteiger partial charge in [0.25, 0.3) is 0 Å². The maximum atomic E-state index is 3.90. The van der Waals surface area contributed by atoms with E-state index in [0.29, 0.717) is 0 Å². The predicted molar refractivity (Wildman–Crippen MR) is 114 cm³/mol. The quantitative estimate of drug-likeness (QED) is 0.401. The smallest absolute Gasteiger partial charge is 0.0819 e. The fraction of sp³-hybridized carbons (Fsp3) is 0.364. The minimum atomic E-state index is 0. The van der Waals surface area contributed by atoms with Crippen LogP contribution in [0.4, 0.5) is 0 Å². The van der Waals surface area contributed by atoms with Crippen LogP contribution in [0, 0.1) is 0 Å². The van der Waals surface area contributed by atoms with Crippen LogP contribution < -0.4 is 17.0 Å². The number of benzene rings is 2. The minimum absolute atomic E-state index is 0. The van der Waals surface area contributed by atoms with Crippen molar-refractivity contribution >= 4 is 31.9 Å². The Morgan fingerprint density at radius 2 is 1.35 bits per heavy atom. The second kappa shape index (κ2) is 9.18. The molecule has 26 heavy (non-hydrogen) atoms. The highest BCUT2D eigenvalue weighted by molar-refractivity contribution is 9.10. The molecule has 0 atom stereocenters. The topological polar surface area (TPSA) is 0 Å². The summed E-state index contributed by atoms with van der Waals surface area (Å²) >= 11 is 7.16. The van der Waals surface area contributed by atoms with Crippen LogP contribution in [0.1, 0.15) is 30.4 Å². The highest BCUT2D eigenvalue weighted by Crippen LogP contribution is 2.43. The molecule has 1 heterocycles. The summed E-state index contributed by atoms with van der Waals surface area (Å²) in [6, 6.07) is 17.9. The largest absolute Gasteiger partial charge is 1.00 e. The molecule has 0 bridgehead atoms. The van der Waals surface area contributed by atoms with E-state index < -0.39 is 0 Å². The van der Waals surface area contributed by atoms with Crippen molar-refractivity contribution in [1.29, 1.82) is 0 Å². The van der Waals surface area contributed by atoms with Gasteiger partial charge < -0.3 is 21.5 Å². The van der Waals surface area contributed by atoms with Crippen LogP contribution in [0.5, 0.6) is 0 Å². The molecule has 2 aromatic carbocycles. The number of piperidine rings is 1. The van der Waals surface area contributed by atoms with Crippen LogP contribution in [-0.2, 0) is 5.41 Å². The Morgan fingerprint density at radius 3 is 1.73 bits per heavy atom. The van der Waals surface area contributed by atoms with Crippen LogP contribution in [0.25, 0.3) is 0 Å². The highest BCUT2D eigenvalue weighted by Gasteiger charge is 2.42. The predicted octanol–water partition coefficient (Wildman–Crippen LogP) is 3.32. The van der Waals surface area contributed by atoms with Crippen LogP contribution in [0.3, 0.4) is 0 Å². The molecular formula is C22H26Br3N. The van der Waals surface area contributed by atoms with Gasteiger partial charge in [0.2, 0.25) is 0 Å². The molecule has 0 spiro atoms. The van der Waals surface area contributed by atoms with Crippen LogP contribution >= 0.6 is 31.9 Å². The standard InChI is InChI=1S/C22H26Br2N.BrH/c1-3-4-15-25(2)16-13-22(14-17-25,18-5-9-20(23)10-6-18)19-7-11-21(24)12-8-19;/h3,5-12H,1,4,13-17H2,2H3;1H/q+1;/p-1. The van der Waals surface area contributed by atoms with E-state index in [1.54, 1.807) is 0 Å². The summed E-state index contributed by atoms with van der Waals surface area (Å²) < 4.78 is 3.44. The molecule has 0 N–H and O–H groups in total. The Kier molecular flexibility index (Phi) is 7.73. The lowest BCUT2D eigenvalue weighted by Gasteiger charge is -2.47. The normalized spacial score (nSPS) is 18.0. The van der Waals surface area contributed by atoms with Gasteiger partial charge in [-0.25, -0.2) is 0 Å². The van der Waals surface area contributed by atoms with Crippen LogP contribution in [-0.4, -0.2) is 31.2 Å². The van der Waals surface area contributed by atoms with Gasteiger partial charge in [0.15, 0.2) is 0 Å². The zero-order valence-corrected chi connectivity index (χ0v) is 20.0. The Balaban J connectivity index is 0.00000243. The van der Waals surface area contributed by atoms with E-state index in [1.807, 2.05) is 0 Å². The number of quaternary nitrogens is 1. The van der Waals surface area contributed by atoms with Crippen LogP contribution in [0.15, 0.2) is 70.1 Å². The maximum absolute atomic E-state index is 3.90. The SMILES string of the molecule is C=CCC[N+]1(C)CCC(c2ccc(Br)cc2)(c2ccc(Br)cc2)CC1.[Br-]. The Morgan fingerprint density at radius 1 is 0.923 bits per heavy atom. The number of hydrogen-bond acceptors (Lipinski definition) is 0. The molecule has 1 saturated heterocycles. The molecule has 0 saturated carbocycles. The highest BCUT2D eigenvalue weighted by atomic mass is 79.9. The molecule has 140 valence electrons. The second-order valence-corrected chi connectivity index (χ2v) is 9.29. The molecule has 0 unspecified atom stereocenters. The van der Waals surface area contributed by atoms with Gasteiger partial charge in [-0.05, 0) is 35.4 Å². The molecule has 3 rings (SSSR count). The zero-order valence-electron chi connectivity index (χ0n) is 15.2. The Hall–Kier alpha value is -0.420. The van der Waals surface area contributed by atoms with Crippen molar-refractivity contribution < 1.29 is 21.5 Å². The van der Waals surface area contributed by atoms with E-state index in [-0.39, 0.29) is 22.4 Å². The average molecular weight is 544 g/mol. The molecule has 1 aliphatic heterocycles. The van der Waals surface area contributed by atoms with E-state index in [1.165, 1.54) is 43.6 Å². The first-order valence-corrected chi connectivity index (χ1v) is 10.5. The summed E-state index contributed by atoms with van der Waals surface area (Å²) in [5.74, 6) is 0. The first kappa shape index (κ1) is 21.9. The molecular weight excluding hydrogens is 518 g/mol. The molecule has 2 aromatic rings. The first-order valence-electron chi connectivity index (χ1n) is 8.94. The van der Waals surface area contributed by atoms with Crippen molar-refractivity contribution in [2.45, 2.75) is 24.7 Å². The molecule has 0 radical (unpaired) electrons. The van der Waals surface area contributed by atoms with Crippen molar-refractivity contribution in [2.75, 3.05) is 26.7 Å². The number of hydrogen-bond donors (Lipinski definition) is 0. The van der Waals surface area contributed by atoms with E-state index in [9.17, 15) is 0 Å². The van der Waals surface area contributed by atoms with Crippen molar-refractivity contribution in [1.82, 2.24) is 0 Å². The van der Waals surface area contributed by atoms with Crippen LogP contribution in [0.2, 0.25) is 0 Å². The summed E-state index contributed by atoms with van der Waals surface area (Å²) in [5.41, 5.74) is 2.99. The van der Waals surface area contributed by atoms with Gasteiger partial charge in [-0.3, -0.25) is 0 Å². The van der Waals surface area contributed by atoms with Crippen molar-refractivity contribution in [3.8, 4) is 0 Å². The van der Waals surface area contributed by atoms with Gasteiger partial charge in [0, 0.05) is 33.6 Å². The number of likely N-dealkylation sites (tertiary alicyclic amines) is 1. The van der Waals surface area contributed by atoms with E-state index in [0.717, 1.165) is 19.8 Å². The van der Waals surface area contributed by atoms with Gasteiger partial charge in [-0.15, -0.1) is 6.58 Å². The van der Waals surface area contributed by atoms with Gasteiger partial charge in [0.1, 0.15) is 0 Å². The molecule has 0 aromatic heterocycles. The fourth-order valence-corrected chi connectivity index (χ4v) is 4.60. The third kappa shape index (κ3) is 4.70. The summed E-state index contributed by atoms with van der Waals surface area (Å²) in [5, 5.41) is 0. The average Bonchev–Trinajstić information content (AvgIpc) is 2.63. The molecule has 0 aliphatic carbocycles. The van der Waals surface area contributed by atoms with Crippen molar-refractivity contribution in [2.24, 2.45) is 0 Å². The summed E-state index contributed by atoms with van der Waals surface area (Å²) in [6.45, 7) is 7.51. The number of halogens is 3. The number of nitrogens with zero attached hydrogens (tertiary/aromatic N) is 1. The maximum Gasteiger partial charge on any atom is 0.0819 e. The molecule has 1 fully saturated rings. The van der Waals surface area contributed by atoms with E-state index >= 15 is 0 Å². The second-order valence-electron chi connectivity index (χ2n) is 7.46. The molecule has 1 aliphatic rings. The monoisotopic (exact) mass is 541 g/mol. The fourth-order valence-electron chi connectivity index (χ4n) is 4.07. The third-order valence-electron chi connectivity index (χ3n) is 5.82. The minimum Gasteiger partial charge on any atom is -1.00 e. The lowest BCUT2D eigenvalue weighted by Crippen LogP contribution is -3.00. The van der Waals surface area contributed by atoms with Gasteiger partial charge in [0.05, 0.1) is 26.7 Å². The Bertz CT molecular complexity index is 667. The zero-order chi connectivity index (χ0) is 17.9. The van der Waals surface area contributed by atoms with E-state index in [2.05, 4.69) is 100 Å². The molecule has 1 nitrogen and oxygen atoms in total. The summed E-state index contributed by atoms with van der Waals surface area (Å²) in [4.78, 5) is 0. The lowest BCUT2D eigenvalue weighted by atomic mass is 9.67. The van der Waals surface area contributed by atoms with Crippen molar-refractivity contribution in [3.63, 3.8) is 0 Å².